The molecule has 0 aromatic carbocycles. The summed E-state index contributed by atoms with van der Waals surface area (Å²) in [6.45, 7) is 7.30. The summed E-state index contributed by atoms with van der Waals surface area (Å²) in [4.78, 5) is 38.0. The van der Waals surface area contributed by atoms with Gasteiger partial charge in [-0.25, -0.2) is 0 Å². The van der Waals surface area contributed by atoms with Crippen LogP contribution in [0.2, 0.25) is 0 Å². The lowest BCUT2D eigenvalue weighted by Gasteiger charge is -2.44. The van der Waals surface area contributed by atoms with E-state index in [1.54, 1.807) is 6.92 Å². The van der Waals surface area contributed by atoms with Crippen molar-refractivity contribution in [2.45, 2.75) is 57.7 Å². The summed E-state index contributed by atoms with van der Waals surface area (Å²) in [5, 5.41) is 10.9. The largest absolute Gasteiger partial charge is 0.469 e. The molecule has 0 aromatic heterocycles. The molecule has 0 radical (unpaired) electrons. The van der Waals surface area contributed by atoms with Crippen molar-refractivity contribution in [3.05, 3.63) is 23.8 Å². The molecule has 0 aromatic rings. The second-order valence-electron chi connectivity index (χ2n) is 9.58. The Balaban J connectivity index is 1.90. The number of rotatable bonds is 3. The van der Waals surface area contributed by atoms with Crippen LogP contribution in [0, 0.1) is 28.6 Å². The number of aliphatic hydroxyl groups is 1. The molecular formula is C23H30O7. The maximum atomic E-state index is 13.2. The summed E-state index contributed by atoms with van der Waals surface area (Å²) in [5.41, 5.74) is -0.780. The van der Waals surface area contributed by atoms with Crippen molar-refractivity contribution < 1.29 is 33.7 Å². The van der Waals surface area contributed by atoms with Gasteiger partial charge in [-0.2, -0.15) is 0 Å². The number of aliphatic hydroxyl groups excluding tert-OH is 1. The first-order chi connectivity index (χ1) is 14.1. The van der Waals surface area contributed by atoms with Crippen molar-refractivity contribution in [3.63, 3.8) is 0 Å². The predicted octanol–water partition coefficient (Wildman–Crippen LogP) is 2.32. The lowest BCUT2D eigenvalue weighted by molar-refractivity contribution is -0.172. The average molecular weight is 418 g/mol. The number of esters is 3. The fourth-order valence-corrected chi connectivity index (χ4v) is 7.21. The highest BCUT2D eigenvalue weighted by atomic mass is 16.6. The summed E-state index contributed by atoms with van der Waals surface area (Å²) in [6, 6.07) is 0. The van der Waals surface area contributed by atoms with Crippen LogP contribution in [0.15, 0.2) is 23.8 Å². The van der Waals surface area contributed by atoms with Gasteiger partial charge in [0.05, 0.1) is 31.7 Å². The highest BCUT2D eigenvalue weighted by Gasteiger charge is 2.74. The zero-order valence-electron chi connectivity index (χ0n) is 18.0. The molecule has 1 N–H and O–H groups in total. The van der Waals surface area contributed by atoms with Crippen LogP contribution in [0.3, 0.4) is 0 Å². The Morgan fingerprint density at radius 1 is 1.23 bits per heavy atom. The van der Waals surface area contributed by atoms with Gasteiger partial charge in [-0.05, 0) is 55.9 Å². The van der Waals surface area contributed by atoms with Crippen molar-refractivity contribution in [2.75, 3.05) is 14.2 Å². The summed E-state index contributed by atoms with van der Waals surface area (Å²) in [7, 11) is 2.64. The quantitative estimate of drug-likeness (QED) is 0.427. The highest BCUT2D eigenvalue weighted by molar-refractivity contribution is 5.83. The number of hydrogen-bond donors (Lipinski definition) is 1. The molecule has 3 fully saturated rings. The van der Waals surface area contributed by atoms with Crippen molar-refractivity contribution in [2.24, 2.45) is 28.6 Å². The van der Waals surface area contributed by atoms with E-state index in [2.05, 4.69) is 6.58 Å². The van der Waals surface area contributed by atoms with Gasteiger partial charge in [0.1, 0.15) is 5.60 Å². The van der Waals surface area contributed by atoms with Crippen LogP contribution in [-0.2, 0) is 28.6 Å². The molecule has 7 atom stereocenters. The van der Waals surface area contributed by atoms with Gasteiger partial charge in [-0.3, -0.25) is 14.4 Å². The molecule has 2 unspecified atom stereocenters. The first-order valence-electron chi connectivity index (χ1n) is 10.5. The van der Waals surface area contributed by atoms with Gasteiger partial charge in [-0.1, -0.05) is 18.2 Å². The minimum absolute atomic E-state index is 0.0333. The topological polar surface area (TPSA) is 99.1 Å². The summed E-state index contributed by atoms with van der Waals surface area (Å²) in [5.74, 6) is -2.47. The van der Waals surface area contributed by atoms with E-state index in [-0.39, 0.29) is 11.9 Å². The first kappa shape index (κ1) is 21.1. The molecule has 4 aliphatic carbocycles. The molecule has 0 amide bonds. The third kappa shape index (κ3) is 2.44. The number of carbonyl (C=O) groups excluding carboxylic acids is 3. The van der Waals surface area contributed by atoms with Gasteiger partial charge in [-0.15, -0.1) is 0 Å². The standard InChI is InChI=1S/C23H30O7/c1-12-10-22-11-23(12,30-13(2)24)9-8-15(22)14-6-7-16(25)21(3,20(27)29-5)17(14)18(22)19(26)28-4/h6,15-18,25H,1,7-11H2,2-5H3/t15?,16-,17?,18-,21-,22+,23+/m1/s1. The normalized spacial score (nSPS) is 43.9. The lowest BCUT2D eigenvalue weighted by Crippen LogP contribution is -2.52. The molecule has 0 aliphatic heterocycles. The van der Waals surface area contributed by atoms with Crippen molar-refractivity contribution in [3.8, 4) is 0 Å². The second-order valence-corrected chi connectivity index (χ2v) is 9.58. The van der Waals surface area contributed by atoms with E-state index in [1.165, 1.54) is 21.1 Å². The predicted molar refractivity (Wildman–Crippen MR) is 106 cm³/mol. The van der Waals surface area contributed by atoms with Crippen LogP contribution in [0.1, 0.15) is 46.0 Å². The molecule has 0 saturated heterocycles. The summed E-state index contributed by atoms with van der Waals surface area (Å²) in [6.07, 6.45) is 3.70. The highest BCUT2D eigenvalue weighted by Crippen LogP contribution is 2.74. The Morgan fingerprint density at radius 3 is 2.53 bits per heavy atom. The fraction of sp³-hybridized carbons (Fsp3) is 0.696. The Hall–Kier alpha value is -2.15. The minimum atomic E-state index is -1.27. The third-order valence-corrected chi connectivity index (χ3v) is 8.38. The first-order valence-corrected chi connectivity index (χ1v) is 10.5. The van der Waals surface area contributed by atoms with Crippen LogP contribution in [0.5, 0.6) is 0 Å². The van der Waals surface area contributed by atoms with Gasteiger partial charge in [0, 0.05) is 12.8 Å². The van der Waals surface area contributed by atoms with Gasteiger partial charge in [0.25, 0.3) is 0 Å². The summed E-state index contributed by atoms with van der Waals surface area (Å²) >= 11 is 0. The van der Waals surface area contributed by atoms with E-state index in [0.717, 1.165) is 17.6 Å². The van der Waals surface area contributed by atoms with Crippen LogP contribution >= 0.6 is 0 Å². The molecule has 7 nitrogen and oxygen atoms in total. The number of ether oxygens (including phenoxy) is 3. The molecule has 7 heteroatoms. The van der Waals surface area contributed by atoms with E-state index in [0.29, 0.717) is 25.7 Å². The molecular weight excluding hydrogens is 388 g/mol. The van der Waals surface area contributed by atoms with Crippen LogP contribution in [-0.4, -0.2) is 48.9 Å². The summed E-state index contributed by atoms with van der Waals surface area (Å²) < 4.78 is 16.1. The third-order valence-electron chi connectivity index (χ3n) is 8.38. The molecule has 0 heterocycles. The zero-order chi connectivity index (χ0) is 22.1. The van der Waals surface area contributed by atoms with Crippen molar-refractivity contribution in [1.82, 2.24) is 0 Å². The fourth-order valence-electron chi connectivity index (χ4n) is 7.21. The van der Waals surface area contributed by atoms with Crippen molar-refractivity contribution >= 4 is 17.9 Å². The minimum Gasteiger partial charge on any atom is -0.469 e. The molecule has 164 valence electrons. The van der Waals surface area contributed by atoms with Gasteiger partial charge < -0.3 is 19.3 Å². The molecule has 3 saturated carbocycles. The number of carbonyl (C=O) groups is 3. The number of fused-ring (bicyclic) bond motifs is 3. The molecule has 4 rings (SSSR count). The van der Waals surface area contributed by atoms with Crippen molar-refractivity contribution in [1.29, 1.82) is 0 Å². The lowest BCUT2D eigenvalue weighted by atomic mass is 9.60. The van der Waals surface area contributed by atoms with Crippen LogP contribution in [0.25, 0.3) is 0 Å². The van der Waals surface area contributed by atoms with E-state index in [9.17, 15) is 19.5 Å². The molecule has 1 spiro atoms. The Morgan fingerprint density at radius 2 is 1.93 bits per heavy atom. The molecule has 30 heavy (non-hydrogen) atoms. The second kappa shape index (κ2) is 6.67. The Bertz CT molecular complexity index is 860. The SMILES string of the molecule is C=C1C[C@]23C[C@@]1(OC(C)=O)CCC2C1=CC[C@@H](O)[C@@](C)(C(=O)OC)C1[C@@H]3C(=O)OC. The van der Waals surface area contributed by atoms with Gasteiger partial charge in [0.15, 0.2) is 0 Å². The Kier molecular flexibility index (Phi) is 4.69. The van der Waals surface area contributed by atoms with E-state index in [1.807, 2.05) is 6.08 Å². The number of allylic oxidation sites excluding steroid dienone is 1. The van der Waals surface area contributed by atoms with Crippen LogP contribution < -0.4 is 0 Å². The maximum Gasteiger partial charge on any atom is 0.314 e. The molecule has 4 aliphatic rings. The number of hydrogen-bond acceptors (Lipinski definition) is 7. The zero-order valence-corrected chi connectivity index (χ0v) is 18.0. The number of methoxy groups -OCH3 is 2. The smallest absolute Gasteiger partial charge is 0.314 e. The maximum absolute atomic E-state index is 13.2. The van der Waals surface area contributed by atoms with Gasteiger partial charge >= 0.3 is 17.9 Å². The van der Waals surface area contributed by atoms with E-state index in [4.69, 9.17) is 14.2 Å². The average Bonchev–Trinajstić information content (AvgIpc) is 3.10. The van der Waals surface area contributed by atoms with Crippen LogP contribution in [0.4, 0.5) is 0 Å². The molecule has 2 bridgehead atoms. The van der Waals surface area contributed by atoms with E-state index < -0.39 is 46.3 Å². The Labute approximate surface area is 176 Å². The van der Waals surface area contributed by atoms with Gasteiger partial charge in [0.2, 0.25) is 0 Å². The monoisotopic (exact) mass is 418 g/mol. The van der Waals surface area contributed by atoms with E-state index >= 15 is 0 Å².